The highest BCUT2D eigenvalue weighted by atomic mass is 16.4. The topological polar surface area (TPSA) is 57.2 Å². The van der Waals surface area contributed by atoms with Crippen LogP contribution in [0, 0.1) is 0 Å². The molecule has 0 rings (SSSR count). The van der Waals surface area contributed by atoms with Gasteiger partial charge >= 0.3 is 5.97 Å². The highest BCUT2D eigenvalue weighted by molar-refractivity contribution is 5.80. The molecule has 0 unspecified atom stereocenters. The number of carboxylic acid groups (broad SMARTS) is 1. The zero-order valence-corrected chi connectivity index (χ0v) is 3.84. The Morgan fingerprint density at radius 3 is 2.14 bits per heavy atom. The lowest BCUT2D eigenvalue weighted by Gasteiger charge is -1.75. The van der Waals surface area contributed by atoms with Gasteiger partial charge in [-0.3, -0.25) is 5.11 Å². The zero-order chi connectivity index (χ0) is 5.86. The maximum Gasteiger partial charge on any atom is 0.331 e. The number of rotatable bonds is 1. The van der Waals surface area contributed by atoms with Crippen LogP contribution < -0.4 is 0 Å². The van der Waals surface area contributed by atoms with Crippen molar-refractivity contribution in [3.63, 3.8) is 0 Å². The summed E-state index contributed by atoms with van der Waals surface area (Å²) in [5.41, 5.74) is 0. The standard InChI is InChI=1S/C4H5O3/c1-3(5)2-4(6)7/h2H,1H3,(H,6,7). The first kappa shape index (κ1) is 6.01. The van der Waals surface area contributed by atoms with Crippen molar-refractivity contribution in [2.24, 2.45) is 0 Å². The van der Waals surface area contributed by atoms with Crippen molar-refractivity contribution in [3.8, 4) is 0 Å². The largest absolute Gasteiger partial charge is 0.478 e. The molecule has 0 aromatic rings. The molecule has 0 heterocycles. The van der Waals surface area contributed by atoms with Gasteiger partial charge in [0.2, 0.25) is 0 Å². The Balaban J connectivity index is 3.68. The molecule has 0 aliphatic heterocycles. The predicted molar refractivity (Wildman–Crippen MR) is 22.1 cm³/mol. The highest BCUT2D eigenvalue weighted by Gasteiger charge is 1.88. The Kier molecular flexibility index (Phi) is 1.91. The van der Waals surface area contributed by atoms with E-state index in [1.165, 1.54) is 6.92 Å². The van der Waals surface area contributed by atoms with Gasteiger partial charge in [0.1, 0.15) is 0 Å². The van der Waals surface area contributed by atoms with E-state index >= 15 is 0 Å². The van der Waals surface area contributed by atoms with Crippen LogP contribution in [0.5, 0.6) is 0 Å². The summed E-state index contributed by atoms with van der Waals surface area (Å²) < 4.78 is 0. The van der Waals surface area contributed by atoms with E-state index in [0.29, 0.717) is 6.08 Å². The van der Waals surface area contributed by atoms with Gasteiger partial charge in [-0.15, -0.1) is 0 Å². The third-order valence-electron chi connectivity index (χ3n) is 0.327. The Hall–Kier alpha value is -0.990. The van der Waals surface area contributed by atoms with E-state index in [0.717, 1.165) is 0 Å². The first-order valence-electron chi connectivity index (χ1n) is 1.71. The summed E-state index contributed by atoms with van der Waals surface area (Å²) in [6, 6.07) is 0. The fourth-order valence-corrected chi connectivity index (χ4v) is 0.174. The molecule has 0 saturated heterocycles. The van der Waals surface area contributed by atoms with Crippen molar-refractivity contribution < 1.29 is 15.0 Å². The van der Waals surface area contributed by atoms with Crippen molar-refractivity contribution in [2.75, 3.05) is 0 Å². The smallest absolute Gasteiger partial charge is 0.331 e. The van der Waals surface area contributed by atoms with Gasteiger partial charge in [-0.2, -0.15) is 0 Å². The minimum atomic E-state index is -1.19. The van der Waals surface area contributed by atoms with Gasteiger partial charge in [0.25, 0.3) is 0 Å². The van der Waals surface area contributed by atoms with Crippen LogP contribution in [-0.2, 0) is 9.90 Å². The maximum absolute atomic E-state index is 9.82. The fraction of sp³-hybridized carbons (Fsp3) is 0.250. The SMILES string of the molecule is CC([O])=CC(=O)O. The molecule has 1 N–H and O–H groups in total. The van der Waals surface area contributed by atoms with Gasteiger partial charge in [-0.1, -0.05) is 0 Å². The number of allylic oxidation sites excluding steroid dienone is 1. The molecule has 7 heavy (non-hydrogen) atoms. The molecule has 0 fully saturated rings. The van der Waals surface area contributed by atoms with E-state index < -0.39 is 11.7 Å². The van der Waals surface area contributed by atoms with E-state index in [4.69, 9.17) is 5.11 Å². The van der Waals surface area contributed by atoms with Crippen LogP contribution in [0.3, 0.4) is 0 Å². The summed E-state index contributed by atoms with van der Waals surface area (Å²) in [6.45, 7) is 1.19. The molecule has 0 aliphatic rings. The van der Waals surface area contributed by atoms with E-state index in [1.54, 1.807) is 0 Å². The van der Waals surface area contributed by atoms with Crippen molar-refractivity contribution in [1.82, 2.24) is 0 Å². The fourth-order valence-electron chi connectivity index (χ4n) is 0.174. The number of hydrogen-bond acceptors (Lipinski definition) is 1. The van der Waals surface area contributed by atoms with Crippen molar-refractivity contribution >= 4 is 5.97 Å². The molecule has 3 nitrogen and oxygen atoms in total. The molecule has 39 valence electrons. The van der Waals surface area contributed by atoms with Crippen LogP contribution in [-0.4, -0.2) is 11.1 Å². The first-order valence-corrected chi connectivity index (χ1v) is 1.71. The lowest BCUT2D eigenvalue weighted by molar-refractivity contribution is -0.131. The van der Waals surface area contributed by atoms with Gasteiger partial charge < -0.3 is 5.11 Å². The van der Waals surface area contributed by atoms with Crippen LogP contribution in [0.15, 0.2) is 11.8 Å². The lowest BCUT2D eigenvalue weighted by Crippen LogP contribution is -1.87. The van der Waals surface area contributed by atoms with Gasteiger partial charge in [0.15, 0.2) is 5.76 Å². The van der Waals surface area contributed by atoms with Crippen LogP contribution in [0.4, 0.5) is 0 Å². The molecule has 1 radical (unpaired) electrons. The summed E-state index contributed by atoms with van der Waals surface area (Å²) in [6.07, 6.45) is 0.611. The molecular formula is C4H5O3. The van der Waals surface area contributed by atoms with Crippen LogP contribution in [0.1, 0.15) is 6.92 Å². The van der Waals surface area contributed by atoms with Crippen LogP contribution in [0.2, 0.25) is 0 Å². The van der Waals surface area contributed by atoms with E-state index in [2.05, 4.69) is 0 Å². The molecule has 0 aliphatic carbocycles. The Morgan fingerprint density at radius 1 is 1.71 bits per heavy atom. The minimum absolute atomic E-state index is 0.437. The molecule has 0 aromatic heterocycles. The third-order valence-corrected chi connectivity index (χ3v) is 0.327. The van der Waals surface area contributed by atoms with Gasteiger partial charge in [-0.05, 0) is 6.92 Å². The molecule has 0 spiro atoms. The molecule has 3 heteroatoms. The average Bonchev–Trinajstić information content (AvgIpc) is 1.27. The van der Waals surface area contributed by atoms with Gasteiger partial charge in [0, 0.05) is 0 Å². The molecule has 0 amide bonds. The quantitative estimate of drug-likeness (QED) is 0.384. The Labute approximate surface area is 40.9 Å². The molecular weight excluding hydrogens is 96.0 g/mol. The summed E-state index contributed by atoms with van der Waals surface area (Å²) in [5, 5.41) is 17.6. The van der Waals surface area contributed by atoms with E-state index in [1.807, 2.05) is 0 Å². The van der Waals surface area contributed by atoms with Crippen LogP contribution >= 0.6 is 0 Å². The molecule has 0 aromatic carbocycles. The second kappa shape index (κ2) is 2.23. The number of carbonyl (C=O) groups is 1. The molecule has 0 atom stereocenters. The number of aliphatic carboxylic acids is 1. The van der Waals surface area contributed by atoms with E-state index in [9.17, 15) is 9.90 Å². The summed E-state index contributed by atoms with van der Waals surface area (Å²) in [4.78, 5) is 9.53. The summed E-state index contributed by atoms with van der Waals surface area (Å²) in [7, 11) is 0. The molecule has 0 bridgehead atoms. The Morgan fingerprint density at radius 2 is 2.14 bits per heavy atom. The van der Waals surface area contributed by atoms with E-state index in [-0.39, 0.29) is 0 Å². The Bertz CT molecular complexity index is 99.5. The first-order chi connectivity index (χ1) is 3.13. The van der Waals surface area contributed by atoms with Crippen molar-refractivity contribution in [2.45, 2.75) is 6.92 Å². The van der Waals surface area contributed by atoms with Gasteiger partial charge in [0.05, 0.1) is 6.08 Å². The predicted octanol–water partition coefficient (Wildman–Crippen LogP) is 0.405. The zero-order valence-electron chi connectivity index (χ0n) is 3.84. The summed E-state index contributed by atoms with van der Waals surface area (Å²) in [5.74, 6) is -1.62. The van der Waals surface area contributed by atoms with Crippen LogP contribution in [0.25, 0.3) is 0 Å². The normalized spacial score (nSPS) is 11.3. The summed E-state index contributed by atoms with van der Waals surface area (Å²) >= 11 is 0. The minimum Gasteiger partial charge on any atom is -0.478 e. The number of carboxylic acids is 1. The second-order valence-corrected chi connectivity index (χ2v) is 1.09. The average molecular weight is 101 g/mol. The maximum atomic E-state index is 9.82. The lowest BCUT2D eigenvalue weighted by atomic mass is 10.5. The van der Waals surface area contributed by atoms with Crippen molar-refractivity contribution in [3.05, 3.63) is 11.8 Å². The molecule has 0 saturated carbocycles. The monoisotopic (exact) mass is 101 g/mol. The van der Waals surface area contributed by atoms with Crippen molar-refractivity contribution in [1.29, 1.82) is 0 Å². The van der Waals surface area contributed by atoms with Gasteiger partial charge in [-0.25, -0.2) is 4.79 Å². The number of hydrogen-bond donors (Lipinski definition) is 1. The highest BCUT2D eigenvalue weighted by Crippen LogP contribution is 1.82. The second-order valence-electron chi connectivity index (χ2n) is 1.09. The third kappa shape index (κ3) is 5.01.